The third-order valence-electron chi connectivity index (χ3n) is 5.47. The van der Waals surface area contributed by atoms with Crippen LogP contribution < -0.4 is 0 Å². The number of sulfonamides is 1. The minimum Gasteiger partial charge on any atom is -0.269 e. The lowest BCUT2D eigenvalue weighted by molar-refractivity contribution is 0.246. The molecule has 27 heavy (non-hydrogen) atoms. The zero-order valence-electron chi connectivity index (χ0n) is 15.8. The molecular weight excluding hydrogens is 358 g/mol. The molecule has 1 aromatic heterocycles. The molecule has 5 nitrogen and oxygen atoms in total. The summed E-state index contributed by atoms with van der Waals surface area (Å²) in [5.41, 5.74) is 2.20. The van der Waals surface area contributed by atoms with E-state index >= 15 is 0 Å². The van der Waals surface area contributed by atoms with Gasteiger partial charge in [0.2, 0.25) is 10.0 Å². The summed E-state index contributed by atoms with van der Waals surface area (Å²) in [6.07, 6.45) is 1.73. The normalized spacial score (nSPS) is 16.8. The quantitative estimate of drug-likeness (QED) is 0.689. The first-order valence-electron chi connectivity index (χ1n) is 9.43. The van der Waals surface area contributed by atoms with Crippen molar-refractivity contribution >= 4 is 20.8 Å². The standard InChI is InChI=1S/C21H25N3O2S/c1-16-13-17(2)24(22-16)15-18-9-11-23(12-10-18)27(25,26)21-8-7-19-5-3-4-6-20(19)14-21/h3-8,13-14,18H,9-12,15H2,1-2H3. The zero-order chi connectivity index (χ0) is 19.0. The molecule has 2 aromatic carbocycles. The van der Waals surface area contributed by atoms with Gasteiger partial charge in [0, 0.05) is 25.3 Å². The van der Waals surface area contributed by atoms with Crippen molar-refractivity contribution in [1.29, 1.82) is 0 Å². The van der Waals surface area contributed by atoms with Crippen LogP contribution in [-0.2, 0) is 16.6 Å². The van der Waals surface area contributed by atoms with Gasteiger partial charge in [0.25, 0.3) is 0 Å². The Morgan fingerprint density at radius 2 is 1.70 bits per heavy atom. The fraction of sp³-hybridized carbons (Fsp3) is 0.381. The number of hydrogen-bond acceptors (Lipinski definition) is 3. The number of benzene rings is 2. The Kier molecular flexibility index (Phi) is 4.78. The summed E-state index contributed by atoms with van der Waals surface area (Å²) in [7, 11) is -3.44. The molecule has 0 aliphatic carbocycles. The van der Waals surface area contributed by atoms with E-state index < -0.39 is 10.0 Å². The Morgan fingerprint density at radius 1 is 1.00 bits per heavy atom. The van der Waals surface area contributed by atoms with Crippen molar-refractivity contribution in [2.45, 2.75) is 38.1 Å². The van der Waals surface area contributed by atoms with Crippen LogP contribution in [0.25, 0.3) is 10.8 Å². The molecule has 6 heteroatoms. The minimum absolute atomic E-state index is 0.387. The molecule has 0 bridgehead atoms. The predicted molar refractivity (Wildman–Crippen MR) is 107 cm³/mol. The van der Waals surface area contributed by atoms with Gasteiger partial charge in [-0.2, -0.15) is 9.40 Å². The molecule has 3 aromatic rings. The van der Waals surface area contributed by atoms with Gasteiger partial charge in [0.1, 0.15) is 0 Å². The van der Waals surface area contributed by atoms with E-state index in [0.29, 0.717) is 23.9 Å². The first kappa shape index (κ1) is 18.2. The van der Waals surface area contributed by atoms with E-state index in [2.05, 4.69) is 18.1 Å². The van der Waals surface area contributed by atoms with Crippen molar-refractivity contribution in [3.8, 4) is 0 Å². The Hall–Kier alpha value is -2.18. The third-order valence-corrected chi connectivity index (χ3v) is 7.36. The average molecular weight is 384 g/mol. The maximum absolute atomic E-state index is 13.1. The number of rotatable bonds is 4. The molecule has 1 saturated heterocycles. The van der Waals surface area contributed by atoms with Crippen LogP contribution in [0.3, 0.4) is 0 Å². The van der Waals surface area contributed by atoms with E-state index in [1.54, 1.807) is 16.4 Å². The molecule has 4 rings (SSSR count). The van der Waals surface area contributed by atoms with Gasteiger partial charge in [-0.15, -0.1) is 0 Å². The molecule has 142 valence electrons. The second kappa shape index (κ2) is 7.09. The highest BCUT2D eigenvalue weighted by molar-refractivity contribution is 7.89. The molecule has 2 heterocycles. The van der Waals surface area contributed by atoms with Crippen LogP contribution in [0, 0.1) is 19.8 Å². The smallest absolute Gasteiger partial charge is 0.243 e. The second-order valence-corrected chi connectivity index (χ2v) is 9.40. The predicted octanol–water partition coefficient (Wildman–Crippen LogP) is 3.75. The number of fused-ring (bicyclic) bond motifs is 1. The highest BCUT2D eigenvalue weighted by Crippen LogP contribution is 2.27. The molecule has 0 amide bonds. The zero-order valence-corrected chi connectivity index (χ0v) is 16.6. The van der Waals surface area contributed by atoms with Crippen molar-refractivity contribution in [1.82, 2.24) is 14.1 Å². The van der Waals surface area contributed by atoms with Gasteiger partial charge in [-0.1, -0.05) is 30.3 Å². The van der Waals surface area contributed by atoms with Crippen molar-refractivity contribution in [2.24, 2.45) is 5.92 Å². The van der Waals surface area contributed by atoms with Crippen LogP contribution in [0.1, 0.15) is 24.2 Å². The van der Waals surface area contributed by atoms with Crippen LogP contribution >= 0.6 is 0 Å². The number of nitrogens with zero attached hydrogens (tertiary/aromatic N) is 3. The van der Waals surface area contributed by atoms with Crippen molar-refractivity contribution in [3.05, 3.63) is 59.9 Å². The molecule has 0 N–H and O–H groups in total. The number of piperidine rings is 1. The van der Waals surface area contributed by atoms with E-state index in [4.69, 9.17) is 0 Å². The Morgan fingerprint density at radius 3 is 2.37 bits per heavy atom. The number of hydrogen-bond donors (Lipinski definition) is 0. The van der Waals surface area contributed by atoms with E-state index in [1.165, 1.54) is 5.69 Å². The van der Waals surface area contributed by atoms with Gasteiger partial charge in [0.15, 0.2) is 0 Å². The fourth-order valence-corrected chi connectivity index (χ4v) is 5.42. The summed E-state index contributed by atoms with van der Waals surface area (Å²) in [5, 5.41) is 6.55. The van der Waals surface area contributed by atoms with Crippen molar-refractivity contribution in [3.63, 3.8) is 0 Å². The van der Waals surface area contributed by atoms with Crippen LogP contribution in [0.15, 0.2) is 53.4 Å². The van der Waals surface area contributed by atoms with Crippen LogP contribution in [0.5, 0.6) is 0 Å². The summed E-state index contributed by atoms with van der Waals surface area (Å²) < 4.78 is 29.8. The topological polar surface area (TPSA) is 55.2 Å². The maximum Gasteiger partial charge on any atom is 0.243 e. The molecule has 1 aliphatic heterocycles. The van der Waals surface area contributed by atoms with E-state index in [9.17, 15) is 8.42 Å². The second-order valence-electron chi connectivity index (χ2n) is 7.47. The lowest BCUT2D eigenvalue weighted by Crippen LogP contribution is -2.39. The Labute approximate surface area is 160 Å². The summed E-state index contributed by atoms with van der Waals surface area (Å²) in [6.45, 7) is 6.07. The van der Waals surface area contributed by atoms with Gasteiger partial charge < -0.3 is 0 Å². The maximum atomic E-state index is 13.1. The van der Waals surface area contributed by atoms with Gasteiger partial charge in [0.05, 0.1) is 10.6 Å². The van der Waals surface area contributed by atoms with Gasteiger partial charge >= 0.3 is 0 Å². The molecule has 0 atom stereocenters. The monoisotopic (exact) mass is 383 g/mol. The summed E-state index contributed by atoms with van der Waals surface area (Å²) in [5.74, 6) is 0.464. The van der Waals surface area contributed by atoms with E-state index in [0.717, 1.165) is 35.9 Å². The Bertz CT molecular complexity index is 1060. The summed E-state index contributed by atoms with van der Waals surface area (Å²) >= 11 is 0. The van der Waals surface area contributed by atoms with Gasteiger partial charge in [-0.25, -0.2) is 8.42 Å². The number of aromatic nitrogens is 2. The molecule has 0 radical (unpaired) electrons. The first-order valence-corrected chi connectivity index (χ1v) is 10.9. The molecule has 1 aliphatic rings. The Balaban J connectivity index is 1.46. The average Bonchev–Trinajstić information content (AvgIpc) is 2.98. The molecule has 0 saturated carbocycles. The first-order chi connectivity index (χ1) is 12.9. The molecule has 1 fully saturated rings. The summed E-state index contributed by atoms with van der Waals surface area (Å²) in [6, 6.07) is 15.3. The fourth-order valence-electron chi connectivity index (χ4n) is 3.91. The van der Waals surface area contributed by atoms with Gasteiger partial charge in [-0.3, -0.25) is 4.68 Å². The lowest BCUT2D eigenvalue weighted by Gasteiger charge is -2.31. The SMILES string of the molecule is Cc1cc(C)n(CC2CCN(S(=O)(=O)c3ccc4ccccc4c3)CC2)n1. The van der Waals surface area contributed by atoms with Crippen LogP contribution in [-0.4, -0.2) is 35.6 Å². The highest BCUT2D eigenvalue weighted by Gasteiger charge is 2.29. The van der Waals surface area contributed by atoms with Crippen molar-refractivity contribution in [2.75, 3.05) is 13.1 Å². The highest BCUT2D eigenvalue weighted by atomic mass is 32.2. The van der Waals surface area contributed by atoms with Crippen LogP contribution in [0.2, 0.25) is 0 Å². The van der Waals surface area contributed by atoms with E-state index in [-0.39, 0.29) is 0 Å². The van der Waals surface area contributed by atoms with Gasteiger partial charge in [-0.05, 0) is 61.6 Å². The summed E-state index contributed by atoms with van der Waals surface area (Å²) in [4.78, 5) is 0.387. The van der Waals surface area contributed by atoms with Crippen LogP contribution in [0.4, 0.5) is 0 Å². The number of aryl methyl sites for hydroxylation is 2. The largest absolute Gasteiger partial charge is 0.269 e. The van der Waals surface area contributed by atoms with Crippen molar-refractivity contribution < 1.29 is 8.42 Å². The van der Waals surface area contributed by atoms with E-state index in [1.807, 2.05) is 41.9 Å². The molecule has 0 spiro atoms. The molecular formula is C21H25N3O2S. The third kappa shape index (κ3) is 3.64. The molecule has 0 unspecified atom stereocenters. The lowest BCUT2D eigenvalue weighted by atomic mass is 9.98. The minimum atomic E-state index is -3.44.